The molecule has 0 amide bonds. The molecule has 0 bridgehead atoms. The Morgan fingerprint density at radius 2 is 2.33 bits per heavy atom. The fourth-order valence-electron chi connectivity index (χ4n) is 4.79. The van der Waals surface area contributed by atoms with Crippen molar-refractivity contribution in [1.29, 1.82) is 0 Å². The summed E-state index contributed by atoms with van der Waals surface area (Å²) < 4.78 is 0. The van der Waals surface area contributed by atoms with E-state index < -0.39 is 0 Å². The lowest BCUT2D eigenvalue weighted by atomic mass is 9.53. The van der Waals surface area contributed by atoms with Gasteiger partial charge in [0.1, 0.15) is 0 Å². The van der Waals surface area contributed by atoms with Crippen molar-refractivity contribution in [2.24, 2.45) is 11.3 Å². The zero-order chi connectivity index (χ0) is 12.3. The molecule has 96 valence electrons. The third-order valence-corrected chi connectivity index (χ3v) is 5.92. The maximum absolute atomic E-state index is 2.75. The van der Waals surface area contributed by atoms with E-state index in [0.717, 1.165) is 18.0 Å². The topological polar surface area (TPSA) is 6.48 Å². The van der Waals surface area contributed by atoms with Crippen LogP contribution in [0.1, 0.15) is 32.6 Å². The maximum Gasteiger partial charge on any atom is 0.185 e. The van der Waals surface area contributed by atoms with Crippen LogP contribution in [-0.4, -0.2) is 42.9 Å². The van der Waals surface area contributed by atoms with E-state index in [1.54, 1.807) is 0 Å². The Labute approximate surface area is 111 Å². The first-order valence-electron chi connectivity index (χ1n) is 7.60. The molecule has 2 heterocycles. The zero-order valence-corrected chi connectivity index (χ0v) is 11.6. The van der Waals surface area contributed by atoms with Gasteiger partial charge >= 0.3 is 0 Å². The lowest BCUT2D eigenvalue weighted by molar-refractivity contribution is -0.154. The van der Waals surface area contributed by atoms with Crippen molar-refractivity contribution < 1.29 is 0 Å². The summed E-state index contributed by atoms with van der Waals surface area (Å²) >= 11 is 0. The van der Waals surface area contributed by atoms with Crippen LogP contribution in [0, 0.1) is 11.3 Å². The third-order valence-electron chi connectivity index (χ3n) is 5.92. The number of nitrogens with zero attached hydrogens (tertiary/aromatic N) is 2. The van der Waals surface area contributed by atoms with Crippen LogP contribution >= 0.6 is 0 Å². The van der Waals surface area contributed by atoms with Crippen molar-refractivity contribution in [2.75, 3.05) is 13.1 Å². The largest absolute Gasteiger partial charge is 0.363 e. The lowest BCUT2D eigenvalue weighted by Gasteiger charge is -2.69. The van der Waals surface area contributed by atoms with Crippen LogP contribution in [0.15, 0.2) is 23.9 Å². The summed E-state index contributed by atoms with van der Waals surface area (Å²) in [6.07, 6.45) is 12.8. The van der Waals surface area contributed by atoms with Gasteiger partial charge in [-0.2, -0.15) is 0 Å². The van der Waals surface area contributed by atoms with Gasteiger partial charge in [-0.1, -0.05) is 19.1 Å². The number of likely N-dealkylation sites (tertiary alicyclic amines) is 1. The first-order valence-corrected chi connectivity index (χ1v) is 7.60. The Bertz CT molecular complexity index is 430. The van der Waals surface area contributed by atoms with Gasteiger partial charge in [-0.15, -0.1) is 0 Å². The first kappa shape index (κ1) is 11.2. The Kier molecular flexibility index (Phi) is 2.27. The SMILES string of the molecule is BN1CC2N(C3=CCC(CC)C=C3)C3CCC32C1. The maximum atomic E-state index is 2.75. The van der Waals surface area contributed by atoms with Gasteiger partial charge in [0.25, 0.3) is 0 Å². The summed E-state index contributed by atoms with van der Waals surface area (Å²) in [5, 5.41) is 0. The van der Waals surface area contributed by atoms with Gasteiger partial charge in [0.2, 0.25) is 0 Å². The van der Waals surface area contributed by atoms with Crippen LogP contribution in [0.3, 0.4) is 0 Å². The van der Waals surface area contributed by atoms with Crippen molar-refractivity contribution in [3.63, 3.8) is 0 Å². The van der Waals surface area contributed by atoms with Crippen molar-refractivity contribution in [3.05, 3.63) is 23.9 Å². The monoisotopic (exact) mass is 242 g/mol. The molecule has 2 saturated heterocycles. The predicted octanol–water partition coefficient (Wildman–Crippen LogP) is 1.55. The minimum atomic E-state index is 0.686. The summed E-state index contributed by atoms with van der Waals surface area (Å²) in [6, 6.07) is 1.68. The van der Waals surface area contributed by atoms with Gasteiger partial charge in [0.05, 0.1) is 0 Å². The quantitative estimate of drug-likeness (QED) is 0.678. The summed E-state index contributed by atoms with van der Waals surface area (Å²) in [5.41, 5.74) is 2.21. The second-order valence-corrected chi connectivity index (χ2v) is 6.80. The highest BCUT2D eigenvalue weighted by Gasteiger charge is 2.68. The van der Waals surface area contributed by atoms with Crippen LogP contribution in [0.25, 0.3) is 0 Å². The Hall–Kier alpha value is -0.695. The summed E-state index contributed by atoms with van der Waals surface area (Å²) in [6.45, 7) is 4.91. The Balaban J connectivity index is 1.54. The van der Waals surface area contributed by atoms with Crippen LogP contribution in [-0.2, 0) is 0 Å². The van der Waals surface area contributed by atoms with E-state index in [1.165, 1.54) is 44.5 Å². The van der Waals surface area contributed by atoms with E-state index in [2.05, 4.69) is 42.8 Å². The normalized spacial score (nSPS) is 45.9. The number of allylic oxidation sites excluding steroid dienone is 3. The minimum Gasteiger partial charge on any atom is -0.363 e. The Morgan fingerprint density at radius 1 is 1.44 bits per heavy atom. The van der Waals surface area contributed by atoms with Crippen molar-refractivity contribution >= 4 is 7.98 Å². The first-order chi connectivity index (χ1) is 8.74. The molecule has 4 aliphatic rings. The van der Waals surface area contributed by atoms with Crippen LogP contribution in [0.4, 0.5) is 0 Å². The smallest absolute Gasteiger partial charge is 0.185 e. The molecule has 0 aromatic rings. The highest BCUT2D eigenvalue weighted by molar-refractivity contribution is 6.04. The molecule has 1 saturated carbocycles. The number of hydrogen-bond acceptors (Lipinski definition) is 2. The van der Waals surface area contributed by atoms with Crippen LogP contribution < -0.4 is 0 Å². The molecule has 3 heteroatoms. The molecular weight excluding hydrogens is 219 g/mol. The van der Waals surface area contributed by atoms with Crippen LogP contribution in [0.5, 0.6) is 0 Å². The fraction of sp³-hybridized carbons (Fsp3) is 0.733. The lowest BCUT2D eigenvalue weighted by Crippen LogP contribution is -2.75. The molecule has 3 fully saturated rings. The highest BCUT2D eigenvalue weighted by Crippen LogP contribution is 2.62. The van der Waals surface area contributed by atoms with E-state index in [1.807, 2.05) is 0 Å². The molecule has 2 aliphatic heterocycles. The van der Waals surface area contributed by atoms with Crippen molar-refractivity contribution in [1.82, 2.24) is 9.71 Å². The number of rotatable bonds is 2. The molecule has 0 N–H and O–H groups in total. The molecule has 2 aliphatic carbocycles. The highest BCUT2D eigenvalue weighted by atomic mass is 15.4. The molecule has 4 rings (SSSR count). The van der Waals surface area contributed by atoms with Gasteiger partial charge in [-0.05, 0) is 44.2 Å². The van der Waals surface area contributed by atoms with Gasteiger partial charge in [0.15, 0.2) is 7.98 Å². The van der Waals surface area contributed by atoms with E-state index in [0.29, 0.717) is 5.41 Å². The molecule has 2 nitrogen and oxygen atoms in total. The van der Waals surface area contributed by atoms with Crippen LogP contribution in [0.2, 0.25) is 0 Å². The number of piperidine rings is 1. The van der Waals surface area contributed by atoms with E-state index in [-0.39, 0.29) is 0 Å². The van der Waals surface area contributed by atoms with Gasteiger partial charge < -0.3 is 9.71 Å². The standard InChI is InChI=1S/C15H23BN2/c1-2-11-3-5-12(6-4-11)18-13-7-8-15(13)10-17(16)9-14(15)18/h3,5-6,11,13-14H,2,4,7-10,16H2,1H3. The molecule has 4 unspecified atom stereocenters. The average Bonchev–Trinajstić information content (AvgIpc) is 2.72. The molecule has 0 radical (unpaired) electrons. The van der Waals surface area contributed by atoms with Gasteiger partial charge in [0, 0.05) is 29.7 Å². The summed E-state index contributed by atoms with van der Waals surface area (Å²) in [5.74, 6) is 0.785. The molecule has 0 aromatic heterocycles. The zero-order valence-electron chi connectivity index (χ0n) is 11.6. The van der Waals surface area contributed by atoms with Crippen molar-refractivity contribution in [2.45, 2.75) is 44.7 Å². The Morgan fingerprint density at radius 3 is 2.94 bits per heavy atom. The minimum absolute atomic E-state index is 0.686. The summed E-state index contributed by atoms with van der Waals surface area (Å²) in [7, 11) is 2.29. The van der Waals surface area contributed by atoms with E-state index in [4.69, 9.17) is 0 Å². The van der Waals surface area contributed by atoms with Gasteiger partial charge in [-0.25, -0.2) is 0 Å². The molecule has 1 spiro atoms. The molecule has 4 atom stereocenters. The average molecular weight is 242 g/mol. The third kappa shape index (κ3) is 1.24. The predicted molar refractivity (Wildman–Crippen MR) is 76.8 cm³/mol. The van der Waals surface area contributed by atoms with E-state index in [9.17, 15) is 0 Å². The van der Waals surface area contributed by atoms with Crippen molar-refractivity contribution in [3.8, 4) is 0 Å². The molecule has 18 heavy (non-hydrogen) atoms. The van der Waals surface area contributed by atoms with Gasteiger partial charge in [-0.3, -0.25) is 0 Å². The van der Waals surface area contributed by atoms with E-state index >= 15 is 0 Å². The second-order valence-electron chi connectivity index (χ2n) is 6.80. The number of hydrogen-bond donors (Lipinski definition) is 0. The molecule has 0 aromatic carbocycles. The fourth-order valence-corrected chi connectivity index (χ4v) is 4.79. The molecular formula is C15H23BN2. The second kappa shape index (κ2) is 3.66. The summed E-state index contributed by atoms with van der Waals surface area (Å²) in [4.78, 5) is 5.29.